The average molecular weight is 252 g/mol. The number of hydrogen-bond donors (Lipinski definition) is 2. The van der Waals surface area contributed by atoms with Crippen LogP contribution in [0.2, 0.25) is 0 Å². The van der Waals surface area contributed by atoms with Gasteiger partial charge in [-0.3, -0.25) is 0 Å². The molecule has 0 heterocycles. The van der Waals surface area contributed by atoms with E-state index in [9.17, 15) is 0 Å². The average Bonchev–Trinajstić information content (AvgIpc) is 2.40. The van der Waals surface area contributed by atoms with E-state index < -0.39 is 0 Å². The van der Waals surface area contributed by atoms with Gasteiger partial charge < -0.3 is 20.1 Å². The predicted molar refractivity (Wildman–Crippen MR) is 74.1 cm³/mol. The van der Waals surface area contributed by atoms with Gasteiger partial charge in [-0.05, 0) is 24.6 Å². The Balaban J connectivity index is 2.08. The van der Waals surface area contributed by atoms with Gasteiger partial charge in [0.1, 0.15) is 5.75 Å². The molecular weight excluding hydrogens is 228 g/mol. The molecular formula is C14H24N2O2. The molecule has 0 unspecified atom stereocenters. The summed E-state index contributed by atoms with van der Waals surface area (Å²) in [4.78, 5) is 0. The fraction of sp³-hybridized carbons (Fsp3) is 0.571. The summed E-state index contributed by atoms with van der Waals surface area (Å²) in [5, 5.41) is 6.68. The van der Waals surface area contributed by atoms with E-state index in [2.05, 4.69) is 22.8 Å². The van der Waals surface area contributed by atoms with Crippen molar-refractivity contribution in [3.8, 4) is 5.75 Å². The summed E-state index contributed by atoms with van der Waals surface area (Å²) in [7, 11) is 1.71. The zero-order chi connectivity index (χ0) is 13.1. The van der Waals surface area contributed by atoms with Crippen molar-refractivity contribution in [1.82, 2.24) is 10.6 Å². The molecule has 0 aromatic heterocycles. The Hall–Kier alpha value is -1.10. The summed E-state index contributed by atoms with van der Waals surface area (Å²) in [6.07, 6.45) is 0. The molecule has 0 fully saturated rings. The molecule has 0 saturated carbocycles. The van der Waals surface area contributed by atoms with Gasteiger partial charge in [0.25, 0.3) is 0 Å². The summed E-state index contributed by atoms with van der Waals surface area (Å²) in [5.41, 5.74) is 1.27. The van der Waals surface area contributed by atoms with Crippen LogP contribution in [0.5, 0.6) is 5.75 Å². The first-order valence-corrected chi connectivity index (χ1v) is 6.49. The molecule has 0 radical (unpaired) electrons. The predicted octanol–water partition coefficient (Wildman–Crippen LogP) is 1.41. The van der Waals surface area contributed by atoms with Crippen LogP contribution in [0.15, 0.2) is 24.3 Å². The molecule has 4 heteroatoms. The lowest BCUT2D eigenvalue weighted by atomic mass is 10.2. The van der Waals surface area contributed by atoms with Crippen molar-refractivity contribution < 1.29 is 9.47 Å². The molecule has 0 amide bonds. The Labute approximate surface area is 110 Å². The van der Waals surface area contributed by atoms with Gasteiger partial charge in [-0.15, -0.1) is 0 Å². The lowest BCUT2D eigenvalue weighted by Crippen LogP contribution is -2.29. The number of rotatable bonds is 10. The Morgan fingerprint density at radius 3 is 2.39 bits per heavy atom. The third-order valence-corrected chi connectivity index (χ3v) is 2.52. The fourth-order valence-electron chi connectivity index (χ4n) is 1.58. The molecule has 0 aliphatic rings. The molecule has 102 valence electrons. The van der Waals surface area contributed by atoms with Crippen molar-refractivity contribution in [3.05, 3.63) is 29.8 Å². The van der Waals surface area contributed by atoms with Crippen LogP contribution in [-0.4, -0.2) is 40.0 Å². The van der Waals surface area contributed by atoms with E-state index in [0.717, 1.165) is 38.5 Å². The number of methoxy groups -OCH3 is 1. The molecule has 0 spiro atoms. The zero-order valence-electron chi connectivity index (χ0n) is 11.4. The van der Waals surface area contributed by atoms with Gasteiger partial charge in [-0.25, -0.2) is 0 Å². The van der Waals surface area contributed by atoms with Crippen LogP contribution in [-0.2, 0) is 11.3 Å². The molecule has 0 bridgehead atoms. The third-order valence-electron chi connectivity index (χ3n) is 2.52. The molecule has 0 atom stereocenters. The van der Waals surface area contributed by atoms with Crippen LogP contribution in [0.25, 0.3) is 0 Å². The molecule has 1 rings (SSSR count). The Kier molecular flexibility index (Phi) is 8.21. The highest BCUT2D eigenvalue weighted by Gasteiger charge is 1.94. The topological polar surface area (TPSA) is 42.5 Å². The maximum absolute atomic E-state index is 5.40. The Morgan fingerprint density at radius 2 is 1.72 bits per heavy atom. The molecule has 1 aromatic rings. The van der Waals surface area contributed by atoms with Crippen LogP contribution in [0.3, 0.4) is 0 Å². The van der Waals surface area contributed by atoms with Crippen molar-refractivity contribution in [2.75, 3.05) is 40.0 Å². The van der Waals surface area contributed by atoms with Gasteiger partial charge in [0, 0.05) is 33.3 Å². The Bertz CT molecular complexity index is 301. The second kappa shape index (κ2) is 9.88. The first kappa shape index (κ1) is 15.0. The second-order valence-electron chi connectivity index (χ2n) is 4.00. The largest absolute Gasteiger partial charge is 0.494 e. The molecule has 0 saturated heterocycles. The summed E-state index contributed by atoms with van der Waals surface area (Å²) < 4.78 is 10.4. The lowest BCUT2D eigenvalue weighted by molar-refractivity contribution is 0.199. The highest BCUT2D eigenvalue weighted by molar-refractivity contribution is 5.27. The van der Waals surface area contributed by atoms with Gasteiger partial charge in [0.05, 0.1) is 13.2 Å². The van der Waals surface area contributed by atoms with E-state index in [1.807, 2.05) is 19.1 Å². The minimum absolute atomic E-state index is 0.713. The van der Waals surface area contributed by atoms with E-state index in [0.29, 0.717) is 6.61 Å². The van der Waals surface area contributed by atoms with Crippen LogP contribution in [0.4, 0.5) is 0 Å². The van der Waals surface area contributed by atoms with Gasteiger partial charge in [-0.1, -0.05) is 12.1 Å². The third kappa shape index (κ3) is 6.59. The van der Waals surface area contributed by atoms with Crippen LogP contribution >= 0.6 is 0 Å². The fourth-order valence-corrected chi connectivity index (χ4v) is 1.58. The second-order valence-corrected chi connectivity index (χ2v) is 4.00. The summed E-state index contributed by atoms with van der Waals surface area (Å²) in [5.74, 6) is 0.933. The molecule has 1 aromatic carbocycles. The highest BCUT2D eigenvalue weighted by Crippen LogP contribution is 2.11. The Morgan fingerprint density at radius 1 is 1.00 bits per heavy atom. The normalized spacial score (nSPS) is 10.6. The lowest BCUT2D eigenvalue weighted by Gasteiger charge is -2.07. The van der Waals surface area contributed by atoms with Gasteiger partial charge in [0.2, 0.25) is 0 Å². The molecule has 18 heavy (non-hydrogen) atoms. The minimum Gasteiger partial charge on any atom is -0.494 e. The first-order valence-electron chi connectivity index (χ1n) is 6.49. The van der Waals surface area contributed by atoms with Gasteiger partial charge in [-0.2, -0.15) is 0 Å². The van der Waals surface area contributed by atoms with E-state index >= 15 is 0 Å². The van der Waals surface area contributed by atoms with Crippen molar-refractivity contribution in [1.29, 1.82) is 0 Å². The van der Waals surface area contributed by atoms with E-state index in [1.165, 1.54) is 5.56 Å². The van der Waals surface area contributed by atoms with E-state index in [1.54, 1.807) is 7.11 Å². The first-order chi connectivity index (χ1) is 8.86. The van der Waals surface area contributed by atoms with Crippen molar-refractivity contribution in [2.24, 2.45) is 0 Å². The molecule has 2 N–H and O–H groups in total. The van der Waals surface area contributed by atoms with Crippen molar-refractivity contribution in [3.63, 3.8) is 0 Å². The number of ether oxygens (including phenoxy) is 2. The molecule has 0 aliphatic carbocycles. The minimum atomic E-state index is 0.713. The standard InChI is InChI=1S/C14H24N2O2/c1-3-18-14-6-4-13(5-7-14)12-16-9-8-15-10-11-17-2/h4-7,15-16H,3,8-12H2,1-2H3. The quantitative estimate of drug-likeness (QED) is 0.618. The summed E-state index contributed by atoms with van der Waals surface area (Å²) in [6, 6.07) is 8.21. The van der Waals surface area contributed by atoms with Crippen LogP contribution < -0.4 is 15.4 Å². The van der Waals surface area contributed by atoms with Crippen molar-refractivity contribution in [2.45, 2.75) is 13.5 Å². The van der Waals surface area contributed by atoms with Gasteiger partial charge in [0.15, 0.2) is 0 Å². The van der Waals surface area contributed by atoms with E-state index in [-0.39, 0.29) is 0 Å². The van der Waals surface area contributed by atoms with E-state index in [4.69, 9.17) is 9.47 Å². The number of nitrogens with one attached hydrogen (secondary N) is 2. The maximum Gasteiger partial charge on any atom is 0.119 e. The maximum atomic E-state index is 5.40. The number of hydrogen-bond acceptors (Lipinski definition) is 4. The summed E-state index contributed by atoms with van der Waals surface area (Å²) >= 11 is 0. The monoisotopic (exact) mass is 252 g/mol. The van der Waals surface area contributed by atoms with Crippen LogP contribution in [0, 0.1) is 0 Å². The van der Waals surface area contributed by atoms with Gasteiger partial charge >= 0.3 is 0 Å². The zero-order valence-corrected chi connectivity index (χ0v) is 11.4. The van der Waals surface area contributed by atoms with Crippen LogP contribution in [0.1, 0.15) is 12.5 Å². The highest BCUT2D eigenvalue weighted by atomic mass is 16.5. The molecule has 0 aliphatic heterocycles. The van der Waals surface area contributed by atoms with Crippen molar-refractivity contribution >= 4 is 0 Å². The summed E-state index contributed by atoms with van der Waals surface area (Å²) in [6.45, 7) is 7.17. The molecule has 4 nitrogen and oxygen atoms in total. The number of benzene rings is 1. The SMILES string of the molecule is CCOc1ccc(CNCCNCCOC)cc1. The smallest absolute Gasteiger partial charge is 0.119 e.